The number of methoxy groups -OCH3 is 1. The molecule has 0 saturated carbocycles. The Morgan fingerprint density at radius 2 is 1.73 bits per heavy atom. The fraction of sp³-hybridized carbons (Fsp3) is 0.667. The second kappa shape index (κ2) is 9.93. The number of aliphatic hydroxyl groups excluding tert-OH is 1. The molecule has 0 aromatic heterocycles. The average Bonchev–Trinajstić information content (AvgIpc) is 2.61. The van der Waals surface area contributed by atoms with Gasteiger partial charge in [-0.25, -0.2) is 0 Å². The molecule has 148 valence electrons. The number of aliphatic hydroxyl groups is 1. The Morgan fingerprint density at radius 1 is 1.15 bits per heavy atom. The van der Waals surface area contributed by atoms with Gasteiger partial charge >= 0.3 is 5.97 Å². The van der Waals surface area contributed by atoms with Gasteiger partial charge in [0.1, 0.15) is 5.75 Å². The highest BCUT2D eigenvalue weighted by Gasteiger charge is 2.42. The zero-order chi connectivity index (χ0) is 19.9. The van der Waals surface area contributed by atoms with Crippen LogP contribution in [0.3, 0.4) is 0 Å². The molecular weight excluding hydrogens is 332 g/mol. The summed E-state index contributed by atoms with van der Waals surface area (Å²) in [6, 6.07) is 7.52. The summed E-state index contributed by atoms with van der Waals surface area (Å²) >= 11 is 0. The highest BCUT2D eigenvalue weighted by molar-refractivity contribution is 5.77. The predicted molar refractivity (Wildman–Crippen MR) is 102 cm³/mol. The van der Waals surface area contributed by atoms with Gasteiger partial charge in [-0.15, -0.1) is 0 Å². The minimum absolute atomic E-state index is 0.0258. The highest BCUT2D eigenvalue weighted by atomic mass is 16.5. The molecule has 0 bridgehead atoms. The summed E-state index contributed by atoms with van der Waals surface area (Å²) in [5, 5.41) is 9.61. The number of hydrogen-bond acceptors (Lipinski definition) is 5. The van der Waals surface area contributed by atoms with E-state index in [0.717, 1.165) is 11.3 Å². The molecule has 0 amide bonds. The van der Waals surface area contributed by atoms with Crippen molar-refractivity contribution in [3.8, 4) is 5.75 Å². The van der Waals surface area contributed by atoms with E-state index in [0.29, 0.717) is 6.61 Å². The maximum absolute atomic E-state index is 12.6. The quantitative estimate of drug-likeness (QED) is 0.634. The number of carbonyl (C=O) groups excluding carboxylic acids is 1. The Morgan fingerprint density at radius 3 is 2.15 bits per heavy atom. The molecule has 1 N–H and O–H groups in total. The van der Waals surface area contributed by atoms with Crippen LogP contribution < -0.4 is 4.74 Å². The molecule has 0 spiro atoms. The first-order valence-electron chi connectivity index (χ1n) is 9.26. The maximum atomic E-state index is 12.6. The Hall–Kier alpha value is -1.59. The van der Waals surface area contributed by atoms with Gasteiger partial charge in [0.15, 0.2) is 0 Å². The average molecular weight is 366 g/mol. The normalized spacial score (nSPS) is 15.4. The largest absolute Gasteiger partial charge is 0.497 e. The third-order valence-electron chi connectivity index (χ3n) is 4.67. The van der Waals surface area contributed by atoms with Crippen LogP contribution in [0.25, 0.3) is 0 Å². The molecule has 0 fully saturated rings. The number of carbonyl (C=O) groups is 1. The van der Waals surface area contributed by atoms with Gasteiger partial charge in [0, 0.05) is 12.5 Å². The Balaban J connectivity index is 3.29. The summed E-state index contributed by atoms with van der Waals surface area (Å²) < 4.78 is 17.0. The Kier molecular flexibility index (Phi) is 8.57. The molecule has 0 heterocycles. The van der Waals surface area contributed by atoms with Gasteiger partial charge in [-0.05, 0) is 44.4 Å². The predicted octanol–water partition coefficient (Wildman–Crippen LogP) is 4.00. The maximum Gasteiger partial charge on any atom is 0.314 e. The van der Waals surface area contributed by atoms with Gasteiger partial charge in [-0.3, -0.25) is 4.79 Å². The van der Waals surface area contributed by atoms with Crippen molar-refractivity contribution in [3.05, 3.63) is 29.8 Å². The topological polar surface area (TPSA) is 65.0 Å². The number of benzene rings is 1. The summed E-state index contributed by atoms with van der Waals surface area (Å²) in [6.07, 6.45) is -0.699. The minimum Gasteiger partial charge on any atom is -0.497 e. The summed E-state index contributed by atoms with van der Waals surface area (Å²) in [7, 11) is 1.61. The smallest absolute Gasteiger partial charge is 0.314 e. The van der Waals surface area contributed by atoms with Gasteiger partial charge in [0.2, 0.25) is 0 Å². The summed E-state index contributed by atoms with van der Waals surface area (Å²) in [5.41, 5.74) is -0.00736. The minimum atomic E-state index is -0.882. The van der Waals surface area contributed by atoms with Crippen LogP contribution in [0.5, 0.6) is 5.75 Å². The number of esters is 1. The lowest BCUT2D eigenvalue weighted by atomic mass is 9.81. The third-order valence-corrected chi connectivity index (χ3v) is 4.67. The number of hydrogen-bond donors (Lipinski definition) is 1. The first-order chi connectivity index (χ1) is 12.2. The molecule has 1 aromatic rings. The fourth-order valence-electron chi connectivity index (χ4n) is 3.08. The van der Waals surface area contributed by atoms with Crippen LogP contribution >= 0.6 is 0 Å². The van der Waals surface area contributed by atoms with Crippen molar-refractivity contribution in [3.63, 3.8) is 0 Å². The van der Waals surface area contributed by atoms with Crippen molar-refractivity contribution in [2.45, 2.75) is 53.8 Å². The van der Waals surface area contributed by atoms with Crippen molar-refractivity contribution < 1.29 is 24.1 Å². The van der Waals surface area contributed by atoms with E-state index in [1.165, 1.54) is 0 Å². The lowest BCUT2D eigenvalue weighted by molar-refractivity contribution is -0.173. The van der Waals surface area contributed by atoms with Gasteiger partial charge in [0.05, 0.1) is 31.3 Å². The van der Waals surface area contributed by atoms with E-state index in [1.807, 2.05) is 45.0 Å². The van der Waals surface area contributed by atoms with E-state index in [1.54, 1.807) is 14.0 Å². The fourth-order valence-corrected chi connectivity index (χ4v) is 3.08. The lowest BCUT2D eigenvalue weighted by Gasteiger charge is -2.38. The third kappa shape index (κ3) is 5.45. The van der Waals surface area contributed by atoms with Crippen LogP contribution in [0.2, 0.25) is 0 Å². The second-order valence-corrected chi connectivity index (χ2v) is 7.60. The van der Waals surface area contributed by atoms with Crippen molar-refractivity contribution in [2.24, 2.45) is 17.3 Å². The molecule has 5 nitrogen and oxygen atoms in total. The first-order valence-corrected chi connectivity index (χ1v) is 9.26. The van der Waals surface area contributed by atoms with E-state index in [-0.39, 0.29) is 30.5 Å². The molecule has 0 saturated heterocycles. The molecule has 3 atom stereocenters. The lowest BCUT2D eigenvalue weighted by Crippen LogP contribution is -2.40. The van der Waals surface area contributed by atoms with Crippen molar-refractivity contribution in [1.29, 1.82) is 0 Å². The molecular formula is C21H34O5. The molecule has 0 aliphatic rings. The van der Waals surface area contributed by atoms with Crippen molar-refractivity contribution in [1.82, 2.24) is 0 Å². The molecule has 0 aliphatic carbocycles. The molecule has 1 aromatic carbocycles. The standard InChI is InChI=1S/C21H34O5/c1-8-25-20(23)21(5,6)19(16-9-11-17(24-7)12-10-16)26-18(14(2)3)15(4)13-22/h9-12,14-15,18-19,22H,8,13H2,1-7H3/t15-,18+,19+/m0/s1. The molecule has 0 radical (unpaired) electrons. The molecule has 1 rings (SSSR count). The zero-order valence-electron chi connectivity index (χ0n) is 17.1. The van der Waals surface area contributed by atoms with Crippen LogP contribution in [0.15, 0.2) is 24.3 Å². The number of ether oxygens (including phenoxy) is 3. The van der Waals surface area contributed by atoms with E-state index >= 15 is 0 Å². The highest BCUT2D eigenvalue weighted by Crippen LogP contribution is 2.41. The van der Waals surface area contributed by atoms with Crippen LogP contribution in [-0.4, -0.2) is 37.5 Å². The van der Waals surface area contributed by atoms with Gasteiger partial charge in [-0.2, -0.15) is 0 Å². The zero-order valence-corrected chi connectivity index (χ0v) is 17.1. The Labute approximate surface area is 157 Å². The number of rotatable bonds is 10. The van der Waals surface area contributed by atoms with Crippen molar-refractivity contribution in [2.75, 3.05) is 20.3 Å². The summed E-state index contributed by atoms with van der Waals surface area (Å²) in [4.78, 5) is 12.6. The van der Waals surface area contributed by atoms with Gasteiger partial charge in [0.25, 0.3) is 0 Å². The molecule has 0 aliphatic heterocycles. The van der Waals surface area contributed by atoms with Crippen LogP contribution in [0, 0.1) is 17.3 Å². The van der Waals surface area contributed by atoms with Gasteiger partial charge < -0.3 is 19.3 Å². The van der Waals surface area contributed by atoms with Gasteiger partial charge in [-0.1, -0.05) is 32.9 Å². The van der Waals surface area contributed by atoms with E-state index in [9.17, 15) is 9.90 Å². The summed E-state index contributed by atoms with van der Waals surface area (Å²) in [5.74, 6) is 0.579. The first kappa shape index (κ1) is 22.5. The monoisotopic (exact) mass is 366 g/mol. The second-order valence-electron chi connectivity index (χ2n) is 7.60. The van der Waals surface area contributed by atoms with Crippen LogP contribution in [-0.2, 0) is 14.3 Å². The van der Waals surface area contributed by atoms with E-state index in [4.69, 9.17) is 14.2 Å². The Bertz CT molecular complexity index is 550. The summed E-state index contributed by atoms with van der Waals surface area (Å²) in [6.45, 7) is 11.9. The van der Waals surface area contributed by atoms with Crippen LogP contribution in [0.1, 0.15) is 53.2 Å². The van der Waals surface area contributed by atoms with E-state index < -0.39 is 11.5 Å². The van der Waals surface area contributed by atoms with Crippen molar-refractivity contribution >= 4 is 5.97 Å². The SMILES string of the molecule is CCOC(=O)C(C)(C)[C@H](O[C@H](C(C)C)[C@@H](C)CO)c1ccc(OC)cc1. The molecule has 0 unspecified atom stereocenters. The van der Waals surface area contributed by atoms with E-state index in [2.05, 4.69) is 13.8 Å². The molecule has 5 heteroatoms. The van der Waals surface area contributed by atoms with Crippen LogP contribution in [0.4, 0.5) is 0 Å². The molecule has 26 heavy (non-hydrogen) atoms.